The van der Waals surface area contributed by atoms with E-state index >= 15 is 0 Å². The molecule has 0 atom stereocenters. The molecule has 4 heterocycles. The zero-order valence-corrected chi connectivity index (χ0v) is 18.0. The minimum absolute atomic E-state index is 0.199. The zero-order valence-electron chi connectivity index (χ0n) is 17.2. The fraction of sp³-hybridized carbons (Fsp3) is 0.600. The van der Waals surface area contributed by atoms with Crippen molar-refractivity contribution in [2.24, 2.45) is 0 Å². The van der Waals surface area contributed by atoms with E-state index in [1.807, 2.05) is 33.0 Å². The van der Waals surface area contributed by atoms with Gasteiger partial charge in [-0.2, -0.15) is 0 Å². The van der Waals surface area contributed by atoms with Crippen molar-refractivity contribution in [1.29, 1.82) is 0 Å². The first-order valence-electron chi connectivity index (χ1n) is 10.1. The molecule has 29 heavy (non-hydrogen) atoms. The topological polar surface area (TPSA) is 98.4 Å². The van der Waals surface area contributed by atoms with Crippen LogP contribution in [0, 0.1) is 0 Å². The number of piperidine rings is 1. The molecule has 0 spiro atoms. The van der Waals surface area contributed by atoms with Gasteiger partial charge in [-0.25, -0.2) is 22.5 Å². The van der Waals surface area contributed by atoms with Gasteiger partial charge in [-0.15, -0.1) is 0 Å². The Bertz CT molecular complexity index is 997. The summed E-state index contributed by atoms with van der Waals surface area (Å²) in [5.41, 5.74) is 1.76. The van der Waals surface area contributed by atoms with E-state index in [9.17, 15) is 13.2 Å². The number of amides is 2. The van der Waals surface area contributed by atoms with Crippen LogP contribution < -0.4 is 5.32 Å². The van der Waals surface area contributed by atoms with Gasteiger partial charge in [-0.1, -0.05) is 0 Å². The fourth-order valence-electron chi connectivity index (χ4n) is 4.14. The first-order chi connectivity index (χ1) is 13.6. The van der Waals surface area contributed by atoms with Crippen molar-refractivity contribution in [2.75, 3.05) is 26.2 Å². The minimum atomic E-state index is -3.38. The van der Waals surface area contributed by atoms with Crippen molar-refractivity contribution in [3.63, 3.8) is 0 Å². The zero-order chi connectivity index (χ0) is 20.8. The number of rotatable bonds is 3. The summed E-state index contributed by atoms with van der Waals surface area (Å²) in [7, 11) is -3.38. The highest BCUT2D eigenvalue weighted by molar-refractivity contribution is 7.89. The van der Waals surface area contributed by atoms with E-state index in [0.717, 1.165) is 23.9 Å². The monoisotopic (exact) mass is 419 g/mol. The predicted octanol–water partition coefficient (Wildman–Crippen LogP) is 2.26. The average molecular weight is 420 g/mol. The first-order valence-corrected chi connectivity index (χ1v) is 11.6. The van der Waals surface area contributed by atoms with Gasteiger partial charge in [0, 0.05) is 49.5 Å². The number of nitrogens with zero attached hydrogens (tertiary/aromatic N) is 3. The Morgan fingerprint density at radius 3 is 2.59 bits per heavy atom. The molecule has 0 aliphatic carbocycles. The van der Waals surface area contributed by atoms with Crippen LogP contribution in [0.1, 0.15) is 45.1 Å². The van der Waals surface area contributed by atoms with Crippen LogP contribution in [0.2, 0.25) is 0 Å². The quantitative estimate of drug-likeness (QED) is 0.797. The van der Waals surface area contributed by atoms with Crippen LogP contribution in [0.5, 0.6) is 0 Å². The van der Waals surface area contributed by atoms with Gasteiger partial charge in [0.1, 0.15) is 10.9 Å². The number of urea groups is 1. The summed E-state index contributed by atoms with van der Waals surface area (Å²) in [6, 6.07) is 3.79. The number of hydrogen-bond acceptors (Lipinski definition) is 4. The maximum absolute atomic E-state index is 13.0. The molecular weight excluding hydrogens is 390 g/mol. The SMILES string of the molecule is CC(C)(C)NC(=O)N1CC(S(=O)(=O)N2CCC(c3c[nH]c4ncccc34)CC2)C1. The molecule has 4 rings (SSSR count). The van der Waals surface area contributed by atoms with Crippen LogP contribution in [-0.4, -0.2) is 70.6 Å². The second-order valence-electron chi connectivity index (χ2n) is 9.07. The highest BCUT2D eigenvalue weighted by atomic mass is 32.2. The number of aromatic nitrogens is 2. The summed E-state index contributed by atoms with van der Waals surface area (Å²) in [5.74, 6) is 0.329. The van der Waals surface area contributed by atoms with Gasteiger partial charge in [-0.3, -0.25) is 0 Å². The molecule has 158 valence electrons. The van der Waals surface area contributed by atoms with Crippen molar-refractivity contribution in [1.82, 2.24) is 24.5 Å². The number of sulfonamides is 1. The Balaban J connectivity index is 1.34. The number of aromatic amines is 1. The van der Waals surface area contributed by atoms with Crippen molar-refractivity contribution >= 4 is 27.1 Å². The number of fused-ring (bicyclic) bond motifs is 1. The molecule has 2 aromatic rings. The standard InChI is InChI=1S/C20H29N5O3S/c1-20(2,3)23-19(26)24-12-15(13-24)29(27,28)25-9-6-14(7-10-25)17-11-22-18-16(17)5-4-8-21-18/h4-5,8,11,14-15H,6-7,9-10,12-13H2,1-3H3,(H,21,22)(H,23,26). The molecule has 0 radical (unpaired) electrons. The fourth-order valence-corrected chi connectivity index (χ4v) is 6.02. The summed E-state index contributed by atoms with van der Waals surface area (Å²) in [5, 5.41) is 3.50. The molecule has 0 unspecified atom stereocenters. The van der Waals surface area contributed by atoms with Gasteiger partial charge in [0.15, 0.2) is 0 Å². The van der Waals surface area contributed by atoms with Crippen LogP contribution in [0.25, 0.3) is 11.0 Å². The summed E-state index contributed by atoms with van der Waals surface area (Å²) in [4.78, 5) is 21.3. The molecule has 9 heteroatoms. The van der Waals surface area contributed by atoms with E-state index in [2.05, 4.69) is 21.4 Å². The molecule has 8 nitrogen and oxygen atoms in total. The summed E-state index contributed by atoms with van der Waals surface area (Å²) >= 11 is 0. The molecule has 2 aliphatic heterocycles. The lowest BCUT2D eigenvalue weighted by molar-refractivity contribution is 0.158. The van der Waals surface area contributed by atoms with Crippen LogP contribution in [0.3, 0.4) is 0 Å². The number of nitrogens with one attached hydrogen (secondary N) is 2. The third-order valence-electron chi connectivity index (χ3n) is 5.78. The molecule has 0 aromatic carbocycles. The van der Waals surface area contributed by atoms with Crippen molar-refractivity contribution < 1.29 is 13.2 Å². The molecule has 2 fully saturated rings. The van der Waals surface area contributed by atoms with Gasteiger partial charge in [0.2, 0.25) is 10.0 Å². The van der Waals surface area contributed by atoms with E-state index in [0.29, 0.717) is 19.0 Å². The molecular formula is C20H29N5O3S. The van der Waals surface area contributed by atoms with Crippen molar-refractivity contribution in [3.05, 3.63) is 30.1 Å². The molecule has 2 amide bonds. The summed E-state index contributed by atoms with van der Waals surface area (Å²) in [6.07, 6.45) is 5.36. The van der Waals surface area contributed by atoms with Gasteiger partial charge < -0.3 is 15.2 Å². The van der Waals surface area contributed by atoms with Crippen LogP contribution in [-0.2, 0) is 10.0 Å². The van der Waals surface area contributed by atoms with Gasteiger partial charge in [0.05, 0.1) is 0 Å². The largest absolute Gasteiger partial charge is 0.346 e. The number of hydrogen-bond donors (Lipinski definition) is 2. The average Bonchev–Trinajstić information content (AvgIpc) is 3.03. The van der Waals surface area contributed by atoms with E-state index < -0.39 is 15.3 Å². The number of carbonyl (C=O) groups excluding carboxylic acids is 1. The van der Waals surface area contributed by atoms with Crippen LogP contribution in [0.4, 0.5) is 4.79 Å². The van der Waals surface area contributed by atoms with Crippen LogP contribution >= 0.6 is 0 Å². The van der Waals surface area contributed by atoms with E-state index in [1.54, 1.807) is 15.4 Å². The summed E-state index contributed by atoms with van der Waals surface area (Å²) < 4.78 is 27.6. The Hall–Kier alpha value is -2.13. The Morgan fingerprint density at radius 2 is 1.93 bits per heavy atom. The van der Waals surface area contributed by atoms with Gasteiger partial charge >= 0.3 is 6.03 Å². The molecule has 0 bridgehead atoms. The molecule has 2 aromatic heterocycles. The van der Waals surface area contributed by atoms with Crippen molar-refractivity contribution in [2.45, 2.75) is 50.3 Å². The van der Waals surface area contributed by atoms with E-state index in [1.165, 1.54) is 5.56 Å². The maximum atomic E-state index is 13.0. The van der Waals surface area contributed by atoms with Gasteiger partial charge in [-0.05, 0) is 57.2 Å². The third-order valence-corrected chi connectivity index (χ3v) is 8.00. The molecule has 2 saturated heterocycles. The first kappa shape index (κ1) is 20.2. The Kier molecular flexibility index (Phi) is 5.06. The number of H-pyrrole nitrogens is 1. The van der Waals surface area contributed by atoms with Gasteiger partial charge in [0.25, 0.3) is 0 Å². The van der Waals surface area contributed by atoms with Crippen LogP contribution in [0.15, 0.2) is 24.5 Å². The maximum Gasteiger partial charge on any atom is 0.317 e. The number of pyridine rings is 1. The molecule has 0 saturated carbocycles. The predicted molar refractivity (Wildman–Crippen MR) is 112 cm³/mol. The normalized spacial score (nSPS) is 20.0. The van der Waals surface area contributed by atoms with E-state index in [-0.39, 0.29) is 24.7 Å². The Morgan fingerprint density at radius 1 is 1.24 bits per heavy atom. The second-order valence-corrected chi connectivity index (χ2v) is 11.3. The minimum Gasteiger partial charge on any atom is -0.346 e. The Labute approximate surface area is 171 Å². The summed E-state index contributed by atoms with van der Waals surface area (Å²) in [6.45, 7) is 7.29. The lowest BCUT2D eigenvalue weighted by Gasteiger charge is -2.43. The molecule has 2 aliphatic rings. The third kappa shape index (κ3) is 3.98. The van der Waals surface area contributed by atoms with Crippen molar-refractivity contribution in [3.8, 4) is 0 Å². The number of likely N-dealkylation sites (tertiary alicyclic amines) is 1. The molecule has 2 N–H and O–H groups in total. The highest BCUT2D eigenvalue weighted by Crippen LogP contribution is 2.34. The lowest BCUT2D eigenvalue weighted by Crippen LogP contribution is -2.63. The smallest absolute Gasteiger partial charge is 0.317 e. The number of carbonyl (C=O) groups is 1. The second kappa shape index (κ2) is 7.28. The lowest BCUT2D eigenvalue weighted by atomic mass is 9.90. The highest BCUT2D eigenvalue weighted by Gasteiger charge is 2.44. The van der Waals surface area contributed by atoms with E-state index in [4.69, 9.17) is 0 Å².